The summed E-state index contributed by atoms with van der Waals surface area (Å²) >= 11 is 3.17. The van der Waals surface area contributed by atoms with E-state index >= 15 is 0 Å². The van der Waals surface area contributed by atoms with E-state index < -0.39 is 12.7 Å². The monoisotopic (exact) mass is 218 g/mol. The molecule has 0 aliphatic rings. The molecule has 0 aliphatic heterocycles. The molecule has 1 atom stereocenters. The zero-order valence-electron chi connectivity index (χ0n) is 5.80. The quantitative estimate of drug-likeness (QED) is 0.770. The first-order chi connectivity index (χ1) is 5.24. The predicted octanol–water partition coefficient (Wildman–Crippen LogP) is 1.81. The maximum atomic E-state index is 12.0. The molecular weight excluding hydrogens is 211 g/mol. The maximum absolute atomic E-state index is 12.0. The molecule has 1 heterocycles. The van der Waals surface area contributed by atoms with Crippen LogP contribution in [0.4, 0.5) is 4.39 Å². The molecule has 0 saturated heterocycles. The number of pyridine rings is 1. The highest BCUT2D eigenvalue weighted by Crippen LogP contribution is 2.14. The molecule has 2 N–H and O–H groups in total. The molecule has 0 saturated carbocycles. The first-order valence-electron chi connectivity index (χ1n) is 3.17. The van der Waals surface area contributed by atoms with Crippen molar-refractivity contribution in [1.82, 2.24) is 4.98 Å². The number of aromatic nitrogens is 1. The topological polar surface area (TPSA) is 38.9 Å². The van der Waals surface area contributed by atoms with Crippen molar-refractivity contribution < 1.29 is 4.39 Å². The standard InChI is InChI=1S/C7H8BrFN2/c8-7-3-5(1-2-11-7)6(10)4-9/h1-3,6H,4,10H2/t6-/m1/s1. The van der Waals surface area contributed by atoms with E-state index in [1.165, 1.54) is 0 Å². The van der Waals surface area contributed by atoms with Crippen molar-refractivity contribution in [2.24, 2.45) is 5.73 Å². The summed E-state index contributed by atoms with van der Waals surface area (Å²) < 4.78 is 12.7. The van der Waals surface area contributed by atoms with Crippen LogP contribution in [0.25, 0.3) is 0 Å². The maximum Gasteiger partial charge on any atom is 0.109 e. The van der Waals surface area contributed by atoms with Crippen molar-refractivity contribution in [1.29, 1.82) is 0 Å². The van der Waals surface area contributed by atoms with Gasteiger partial charge in [0.25, 0.3) is 0 Å². The van der Waals surface area contributed by atoms with E-state index in [-0.39, 0.29) is 0 Å². The molecule has 0 amide bonds. The number of alkyl halides is 1. The van der Waals surface area contributed by atoms with Crippen LogP contribution in [0.15, 0.2) is 22.9 Å². The van der Waals surface area contributed by atoms with Crippen molar-refractivity contribution in [3.8, 4) is 0 Å². The molecule has 60 valence electrons. The predicted molar refractivity (Wildman–Crippen MR) is 44.8 cm³/mol. The number of halogens is 2. The summed E-state index contributed by atoms with van der Waals surface area (Å²) in [6, 6.07) is 2.88. The molecule has 2 nitrogen and oxygen atoms in total. The molecule has 0 fully saturated rings. The highest BCUT2D eigenvalue weighted by molar-refractivity contribution is 9.10. The molecular formula is C7H8BrFN2. The Morgan fingerprint density at radius 2 is 2.45 bits per heavy atom. The Morgan fingerprint density at radius 1 is 1.73 bits per heavy atom. The summed E-state index contributed by atoms with van der Waals surface area (Å²) in [5, 5.41) is 0. The van der Waals surface area contributed by atoms with E-state index in [2.05, 4.69) is 20.9 Å². The van der Waals surface area contributed by atoms with Gasteiger partial charge in [-0.15, -0.1) is 0 Å². The van der Waals surface area contributed by atoms with E-state index in [1.807, 2.05) is 0 Å². The van der Waals surface area contributed by atoms with Gasteiger partial charge in [0.1, 0.15) is 11.3 Å². The molecule has 0 unspecified atom stereocenters. The molecule has 11 heavy (non-hydrogen) atoms. The normalized spacial score (nSPS) is 13.0. The van der Waals surface area contributed by atoms with Crippen LogP contribution in [0.5, 0.6) is 0 Å². The smallest absolute Gasteiger partial charge is 0.109 e. The van der Waals surface area contributed by atoms with Crippen LogP contribution in [-0.4, -0.2) is 11.7 Å². The summed E-state index contributed by atoms with van der Waals surface area (Å²) in [5.74, 6) is 0. The molecule has 0 aliphatic carbocycles. The average molecular weight is 219 g/mol. The summed E-state index contributed by atoms with van der Waals surface area (Å²) in [4.78, 5) is 3.90. The fourth-order valence-electron chi connectivity index (χ4n) is 0.737. The third-order valence-corrected chi connectivity index (χ3v) is 1.78. The Kier molecular flexibility index (Phi) is 2.96. The van der Waals surface area contributed by atoms with Gasteiger partial charge in [-0.3, -0.25) is 0 Å². The summed E-state index contributed by atoms with van der Waals surface area (Å²) in [5.41, 5.74) is 6.20. The van der Waals surface area contributed by atoms with E-state index in [4.69, 9.17) is 5.73 Å². The largest absolute Gasteiger partial charge is 0.322 e. The molecule has 0 aromatic carbocycles. The lowest BCUT2D eigenvalue weighted by Crippen LogP contribution is -2.11. The van der Waals surface area contributed by atoms with Gasteiger partial charge in [0.05, 0.1) is 6.04 Å². The van der Waals surface area contributed by atoms with Crippen molar-refractivity contribution in [3.05, 3.63) is 28.5 Å². The fourth-order valence-corrected chi connectivity index (χ4v) is 1.12. The summed E-state index contributed by atoms with van der Waals surface area (Å²) in [6.45, 7) is -0.545. The van der Waals surface area contributed by atoms with Crippen molar-refractivity contribution in [2.45, 2.75) is 6.04 Å². The van der Waals surface area contributed by atoms with Crippen LogP contribution in [0.2, 0.25) is 0 Å². The lowest BCUT2D eigenvalue weighted by Gasteiger charge is -2.05. The Morgan fingerprint density at radius 3 is 3.00 bits per heavy atom. The van der Waals surface area contributed by atoms with E-state index in [9.17, 15) is 4.39 Å². The molecule has 4 heteroatoms. The van der Waals surface area contributed by atoms with Crippen molar-refractivity contribution in [2.75, 3.05) is 6.67 Å². The molecule has 0 bridgehead atoms. The van der Waals surface area contributed by atoms with Gasteiger partial charge in [-0.25, -0.2) is 9.37 Å². The molecule has 1 aromatic rings. The summed E-state index contributed by atoms with van der Waals surface area (Å²) in [6.07, 6.45) is 1.59. The van der Waals surface area contributed by atoms with Crippen LogP contribution in [0, 0.1) is 0 Å². The van der Waals surface area contributed by atoms with Gasteiger partial charge in [0.15, 0.2) is 0 Å². The van der Waals surface area contributed by atoms with Crippen LogP contribution in [-0.2, 0) is 0 Å². The number of hydrogen-bond acceptors (Lipinski definition) is 2. The minimum atomic E-state index is -0.545. The second-order valence-electron chi connectivity index (χ2n) is 2.17. The highest BCUT2D eigenvalue weighted by Gasteiger charge is 2.04. The lowest BCUT2D eigenvalue weighted by molar-refractivity contribution is 0.437. The zero-order chi connectivity index (χ0) is 8.27. The van der Waals surface area contributed by atoms with Crippen LogP contribution in [0.3, 0.4) is 0 Å². The molecule has 0 radical (unpaired) electrons. The van der Waals surface area contributed by atoms with E-state index in [0.717, 1.165) is 5.56 Å². The van der Waals surface area contributed by atoms with Gasteiger partial charge in [-0.05, 0) is 33.6 Å². The van der Waals surface area contributed by atoms with E-state index in [0.29, 0.717) is 4.60 Å². The third-order valence-electron chi connectivity index (χ3n) is 1.35. The van der Waals surface area contributed by atoms with Gasteiger partial charge in [-0.1, -0.05) is 0 Å². The van der Waals surface area contributed by atoms with Gasteiger partial charge >= 0.3 is 0 Å². The van der Waals surface area contributed by atoms with Gasteiger partial charge in [0, 0.05) is 6.20 Å². The number of nitrogens with zero attached hydrogens (tertiary/aromatic N) is 1. The Labute approximate surface area is 72.8 Å². The minimum Gasteiger partial charge on any atom is -0.322 e. The second-order valence-corrected chi connectivity index (χ2v) is 2.99. The third kappa shape index (κ3) is 2.24. The zero-order valence-corrected chi connectivity index (χ0v) is 7.38. The van der Waals surface area contributed by atoms with Crippen LogP contribution in [0.1, 0.15) is 11.6 Å². The average Bonchev–Trinajstić information content (AvgIpc) is 2.03. The lowest BCUT2D eigenvalue weighted by atomic mass is 10.1. The summed E-state index contributed by atoms with van der Waals surface area (Å²) in [7, 11) is 0. The van der Waals surface area contributed by atoms with Crippen LogP contribution < -0.4 is 5.73 Å². The fraction of sp³-hybridized carbons (Fsp3) is 0.286. The first-order valence-corrected chi connectivity index (χ1v) is 3.96. The Hall–Kier alpha value is -0.480. The Bertz CT molecular complexity index is 242. The van der Waals surface area contributed by atoms with Gasteiger partial charge in [-0.2, -0.15) is 0 Å². The number of nitrogens with two attached hydrogens (primary N) is 1. The van der Waals surface area contributed by atoms with E-state index in [1.54, 1.807) is 18.3 Å². The second kappa shape index (κ2) is 3.78. The van der Waals surface area contributed by atoms with Gasteiger partial charge < -0.3 is 5.73 Å². The minimum absolute atomic E-state index is 0.533. The molecule has 1 rings (SSSR count). The first kappa shape index (κ1) is 8.62. The van der Waals surface area contributed by atoms with Gasteiger partial charge in [0.2, 0.25) is 0 Å². The molecule has 1 aromatic heterocycles. The highest BCUT2D eigenvalue weighted by atomic mass is 79.9. The van der Waals surface area contributed by atoms with Crippen molar-refractivity contribution in [3.63, 3.8) is 0 Å². The number of hydrogen-bond donors (Lipinski definition) is 1. The SMILES string of the molecule is N[C@H](CF)c1ccnc(Br)c1. The molecule has 0 spiro atoms. The van der Waals surface area contributed by atoms with Crippen LogP contribution >= 0.6 is 15.9 Å². The van der Waals surface area contributed by atoms with Crippen molar-refractivity contribution >= 4 is 15.9 Å². The number of rotatable bonds is 2. The Balaban J connectivity index is 2.86.